The molecule has 0 saturated heterocycles. The second-order valence-corrected chi connectivity index (χ2v) is 4.29. The van der Waals surface area contributed by atoms with E-state index >= 15 is 0 Å². The molecule has 0 fully saturated rings. The molecule has 0 spiro atoms. The third-order valence-electron chi connectivity index (χ3n) is 2.21. The normalized spacial score (nSPS) is 13.4. The van der Waals surface area contributed by atoms with Gasteiger partial charge in [0.1, 0.15) is 0 Å². The molecule has 1 aromatic rings. The van der Waals surface area contributed by atoms with Gasteiger partial charge in [-0.15, -0.1) is 0 Å². The lowest BCUT2D eigenvalue weighted by Gasteiger charge is -2.18. The van der Waals surface area contributed by atoms with E-state index in [1.807, 2.05) is 25.4 Å². The average molecular weight is 175 g/mol. The highest BCUT2D eigenvalue weighted by Gasteiger charge is 2.14. The summed E-state index contributed by atoms with van der Waals surface area (Å²) in [6, 6.07) is 0. The Hall–Kier alpha value is -1.11. The monoisotopic (exact) mass is 175 g/mol. The van der Waals surface area contributed by atoms with Gasteiger partial charge in [0.2, 0.25) is 0 Å². The van der Waals surface area contributed by atoms with Crippen molar-refractivity contribution in [1.29, 1.82) is 0 Å². The van der Waals surface area contributed by atoms with Crippen LogP contribution < -0.4 is 10.4 Å². The highest BCUT2D eigenvalue weighted by Crippen LogP contribution is 2.16. The van der Waals surface area contributed by atoms with Gasteiger partial charge in [-0.1, -0.05) is 33.4 Å². The van der Waals surface area contributed by atoms with Crippen LogP contribution in [0.15, 0.2) is 12.4 Å². The number of aromatic nitrogens is 1. The molecule has 13 heavy (non-hydrogen) atoms. The lowest BCUT2D eigenvalue weighted by atomic mass is 9.87. The molecular weight excluding hydrogens is 158 g/mol. The summed E-state index contributed by atoms with van der Waals surface area (Å²) in [7, 11) is 0. The number of hydrogen-bond acceptors (Lipinski definition) is 1. The first-order chi connectivity index (χ1) is 5.96. The first-order valence-corrected chi connectivity index (χ1v) is 4.56. The second-order valence-electron chi connectivity index (χ2n) is 4.29. The molecule has 0 radical (unpaired) electrons. The minimum Gasteiger partial charge on any atom is -0.264 e. The van der Waals surface area contributed by atoms with Gasteiger partial charge in [0.15, 0.2) is 0 Å². The average Bonchev–Trinajstić information content (AvgIpc) is 2.02. The Balaban J connectivity index is 3.52. The Bertz CT molecular complexity index is 396. The summed E-state index contributed by atoms with van der Waals surface area (Å²) in [6.45, 7) is 12.6. The summed E-state index contributed by atoms with van der Waals surface area (Å²) in [6.07, 6.45) is 5.82. The van der Waals surface area contributed by atoms with Crippen molar-refractivity contribution in [2.24, 2.45) is 0 Å². The molecule has 0 aliphatic rings. The molecule has 1 nitrogen and oxygen atoms in total. The highest BCUT2D eigenvalue weighted by atomic mass is 14.6. The summed E-state index contributed by atoms with van der Waals surface area (Å²) < 4.78 is 0. The van der Waals surface area contributed by atoms with E-state index in [4.69, 9.17) is 0 Å². The minimum atomic E-state index is 0.128. The molecular formula is C12H17N. The quantitative estimate of drug-likeness (QED) is 0.583. The van der Waals surface area contributed by atoms with Crippen LogP contribution in [0.2, 0.25) is 0 Å². The van der Waals surface area contributed by atoms with Crippen molar-refractivity contribution >= 4 is 12.7 Å². The molecule has 70 valence electrons. The van der Waals surface area contributed by atoms with E-state index in [1.54, 1.807) is 0 Å². The van der Waals surface area contributed by atoms with Gasteiger partial charge in [-0.25, -0.2) is 0 Å². The molecule has 0 amide bonds. The molecule has 1 heterocycles. The van der Waals surface area contributed by atoms with Crippen LogP contribution >= 0.6 is 0 Å². The summed E-state index contributed by atoms with van der Waals surface area (Å²) >= 11 is 0. The van der Waals surface area contributed by atoms with Crippen molar-refractivity contribution in [3.63, 3.8) is 0 Å². The van der Waals surface area contributed by atoms with E-state index in [0.717, 1.165) is 10.4 Å². The number of hydrogen-bond donors (Lipinski definition) is 0. The fraction of sp³-hybridized carbons (Fsp3) is 0.417. The van der Waals surface area contributed by atoms with Crippen LogP contribution in [0.25, 0.3) is 12.7 Å². The Morgan fingerprint density at radius 3 is 2.38 bits per heavy atom. The second kappa shape index (κ2) is 3.33. The van der Waals surface area contributed by atoms with Crippen molar-refractivity contribution in [2.45, 2.75) is 33.1 Å². The molecule has 0 saturated carbocycles. The Morgan fingerprint density at radius 1 is 1.31 bits per heavy atom. The maximum atomic E-state index is 4.21. The Labute approximate surface area is 79.8 Å². The lowest BCUT2D eigenvalue weighted by Crippen LogP contribution is -2.33. The SMILES string of the molecule is C=c1c(C(C)(C)C)cnc/c1=C/C. The fourth-order valence-electron chi connectivity index (χ4n) is 1.40. The van der Waals surface area contributed by atoms with Crippen LogP contribution in [0.5, 0.6) is 0 Å². The zero-order chi connectivity index (χ0) is 10.1. The molecule has 0 unspecified atom stereocenters. The predicted molar refractivity (Wildman–Crippen MR) is 57.8 cm³/mol. The minimum absolute atomic E-state index is 0.128. The first kappa shape index (κ1) is 9.97. The lowest BCUT2D eigenvalue weighted by molar-refractivity contribution is 0.582. The third-order valence-corrected chi connectivity index (χ3v) is 2.21. The van der Waals surface area contributed by atoms with Crippen molar-refractivity contribution in [1.82, 2.24) is 4.98 Å². The standard InChI is InChI=1S/C12H17N/c1-6-10-7-13-8-11(9(10)2)12(3,4)5/h6-8H,2H2,1,3-5H3/b10-6-. The number of pyridine rings is 1. The molecule has 1 rings (SSSR count). The smallest absolute Gasteiger partial charge is 0.0343 e. The summed E-state index contributed by atoms with van der Waals surface area (Å²) in [5.41, 5.74) is 1.35. The van der Waals surface area contributed by atoms with Gasteiger partial charge in [-0.3, -0.25) is 4.98 Å². The van der Waals surface area contributed by atoms with Gasteiger partial charge < -0.3 is 0 Å². The largest absolute Gasteiger partial charge is 0.264 e. The molecule has 0 aromatic carbocycles. The van der Waals surface area contributed by atoms with Crippen LogP contribution in [0.1, 0.15) is 33.3 Å². The van der Waals surface area contributed by atoms with Crippen molar-refractivity contribution in [2.75, 3.05) is 0 Å². The Kier molecular flexibility index (Phi) is 2.55. The number of rotatable bonds is 0. The highest BCUT2D eigenvalue weighted by molar-refractivity contribution is 5.30. The van der Waals surface area contributed by atoms with Gasteiger partial charge in [-0.2, -0.15) is 0 Å². The van der Waals surface area contributed by atoms with E-state index in [1.165, 1.54) is 5.56 Å². The fourth-order valence-corrected chi connectivity index (χ4v) is 1.40. The molecule has 1 heteroatoms. The van der Waals surface area contributed by atoms with Crippen LogP contribution in [0.4, 0.5) is 0 Å². The molecule has 0 aliphatic carbocycles. The maximum Gasteiger partial charge on any atom is 0.0343 e. The molecule has 1 aromatic heterocycles. The molecule has 0 N–H and O–H groups in total. The maximum absolute atomic E-state index is 4.21. The van der Waals surface area contributed by atoms with E-state index in [9.17, 15) is 0 Å². The van der Waals surface area contributed by atoms with Gasteiger partial charge >= 0.3 is 0 Å². The Morgan fingerprint density at radius 2 is 1.92 bits per heavy atom. The van der Waals surface area contributed by atoms with Gasteiger partial charge in [0.25, 0.3) is 0 Å². The van der Waals surface area contributed by atoms with E-state index < -0.39 is 0 Å². The van der Waals surface area contributed by atoms with Crippen LogP contribution in [0.3, 0.4) is 0 Å². The van der Waals surface area contributed by atoms with Crippen LogP contribution in [0, 0.1) is 0 Å². The van der Waals surface area contributed by atoms with Crippen molar-refractivity contribution < 1.29 is 0 Å². The predicted octanol–water partition coefficient (Wildman–Crippen LogP) is 1.59. The topological polar surface area (TPSA) is 12.9 Å². The zero-order valence-electron chi connectivity index (χ0n) is 8.89. The van der Waals surface area contributed by atoms with E-state index in [2.05, 4.69) is 32.3 Å². The van der Waals surface area contributed by atoms with Gasteiger partial charge in [0.05, 0.1) is 0 Å². The summed E-state index contributed by atoms with van der Waals surface area (Å²) in [4.78, 5) is 4.21. The summed E-state index contributed by atoms with van der Waals surface area (Å²) in [5, 5.41) is 2.23. The molecule has 0 bridgehead atoms. The van der Waals surface area contributed by atoms with Gasteiger partial charge in [0, 0.05) is 12.4 Å². The van der Waals surface area contributed by atoms with Gasteiger partial charge in [-0.05, 0) is 28.3 Å². The number of nitrogens with zero attached hydrogens (tertiary/aromatic N) is 1. The van der Waals surface area contributed by atoms with Crippen molar-refractivity contribution in [3.05, 3.63) is 28.4 Å². The van der Waals surface area contributed by atoms with Crippen molar-refractivity contribution in [3.8, 4) is 0 Å². The molecule has 0 atom stereocenters. The first-order valence-electron chi connectivity index (χ1n) is 4.56. The molecule has 0 aliphatic heterocycles. The van der Waals surface area contributed by atoms with Crippen LogP contribution in [-0.4, -0.2) is 4.98 Å². The third kappa shape index (κ3) is 1.97. The van der Waals surface area contributed by atoms with Crippen LogP contribution in [-0.2, 0) is 5.41 Å². The van der Waals surface area contributed by atoms with E-state index in [-0.39, 0.29) is 5.41 Å². The zero-order valence-corrected chi connectivity index (χ0v) is 8.89. The van der Waals surface area contributed by atoms with E-state index in [0.29, 0.717) is 0 Å². The summed E-state index contributed by atoms with van der Waals surface area (Å²) in [5.74, 6) is 0.